The summed E-state index contributed by atoms with van der Waals surface area (Å²) in [5.74, 6) is -0.419. The third-order valence-corrected chi connectivity index (χ3v) is 3.50. The molecule has 134 valence electrons. The molecule has 1 aromatic carbocycles. The minimum atomic E-state index is -0.887. The van der Waals surface area contributed by atoms with Gasteiger partial charge in [0.05, 0.1) is 16.0 Å². The Morgan fingerprint density at radius 2 is 1.92 bits per heavy atom. The summed E-state index contributed by atoms with van der Waals surface area (Å²) in [6.45, 7) is 5.13. The Hall–Kier alpha value is -3.01. The number of esters is 1. The van der Waals surface area contributed by atoms with Crippen LogP contribution in [0.3, 0.4) is 0 Å². The molecule has 0 amide bonds. The number of aromatic nitrogens is 2. The number of carbonyl (C=O) groups is 1. The summed E-state index contributed by atoms with van der Waals surface area (Å²) in [6.07, 6.45) is 0. The highest BCUT2D eigenvalue weighted by Gasteiger charge is 2.21. The Morgan fingerprint density at radius 3 is 2.52 bits per heavy atom. The van der Waals surface area contributed by atoms with E-state index in [1.165, 1.54) is 19.1 Å². The van der Waals surface area contributed by atoms with Gasteiger partial charge in [-0.3, -0.25) is 24.5 Å². The summed E-state index contributed by atoms with van der Waals surface area (Å²) in [5.41, 5.74) is -1.67. The molecule has 1 heterocycles. The molecule has 0 aliphatic heterocycles. The molecule has 0 aliphatic rings. The van der Waals surface area contributed by atoms with Crippen molar-refractivity contribution in [2.24, 2.45) is 0 Å². The first kappa shape index (κ1) is 18.3. The van der Waals surface area contributed by atoms with Crippen LogP contribution < -0.4 is 16.4 Å². The summed E-state index contributed by atoms with van der Waals surface area (Å²) in [5, 5.41) is 14.2. The van der Waals surface area contributed by atoms with Gasteiger partial charge in [0.1, 0.15) is 6.61 Å². The van der Waals surface area contributed by atoms with Crippen LogP contribution in [0, 0.1) is 10.1 Å². The quantitative estimate of drug-likeness (QED) is 0.298. The number of benzene rings is 1. The molecule has 0 fully saturated rings. The topological polar surface area (TPSA) is 147 Å². The van der Waals surface area contributed by atoms with Gasteiger partial charge in [-0.1, -0.05) is 0 Å². The molecule has 0 aliphatic carbocycles. The average Bonchev–Trinajstić information content (AvgIpc) is 2.52. The van der Waals surface area contributed by atoms with Crippen LogP contribution in [0.1, 0.15) is 26.3 Å². The number of nitrogens with zero attached hydrogens (tertiary/aromatic N) is 1. The molecular weight excluding hydrogens is 332 g/mol. The van der Waals surface area contributed by atoms with Crippen molar-refractivity contribution < 1.29 is 14.5 Å². The Kier molecular flexibility index (Phi) is 5.02. The van der Waals surface area contributed by atoms with Gasteiger partial charge in [0, 0.05) is 31.1 Å². The van der Waals surface area contributed by atoms with E-state index in [-0.39, 0.29) is 24.4 Å². The predicted octanol–water partition coefficient (Wildman–Crippen LogP) is 0.556. The van der Waals surface area contributed by atoms with Crippen molar-refractivity contribution in [1.29, 1.82) is 0 Å². The fraction of sp³-hybridized carbons (Fsp3) is 0.400. The summed E-state index contributed by atoms with van der Waals surface area (Å²) >= 11 is 0. The largest absolute Gasteiger partial charge is 0.464 e. The van der Waals surface area contributed by atoms with E-state index in [9.17, 15) is 24.5 Å². The van der Waals surface area contributed by atoms with Crippen molar-refractivity contribution in [1.82, 2.24) is 15.3 Å². The number of carbonyl (C=O) groups excluding carboxylic acids is 1. The second kappa shape index (κ2) is 6.85. The zero-order valence-electron chi connectivity index (χ0n) is 14.0. The van der Waals surface area contributed by atoms with Crippen LogP contribution in [0.15, 0.2) is 21.7 Å². The number of aromatic amines is 2. The van der Waals surface area contributed by atoms with Crippen LogP contribution in [-0.4, -0.2) is 33.0 Å². The second-order valence-corrected chi connectivity index (χ2v) is 6.21. The fourth-order valence-electron chi connectivity index (χ4n) is 2.19. The van der Waals surface area contributed by atoms with Gasteiger partial charge in [-0.25, -0.2) is 0 Å². The number of H-pyrrole nitrogens is 2. The smallest absolute Gasteiger partial charge is 0.314 e. The Balaban J connectivity index is 2.40. The van der Waals surface area contributed by atoms with E-state index in [0.717, 1.165) is 0 Å². The fourth-order valence-corrected chi connectivity index (χ4v) is 2.19. The van der Waals surface area contributed by atoms with E-state index >= 15 is 0 Å². The third-order valence-electron chi connectivity index (χ3n) is 3.50. The predicted molar refractivity (Wildman–Crippen MR) is 89.4 cm³/mol. The number of hydrogen-bond acceptors (Lipinski definition) is 7. The first-order valence-corrected chi connectivity index (χ1v) is 7.41. The van der Waals surface area contributed by atoms with E-state index < -0.39 is 27.6 Å². The lowest BCUT2D eigenvalue weighted by molar-refractivity contribution is -0.384. The van der Waals surface area contributed by atoms with Gasteiger partial charge in [0.25, 0.3) is 5.69 Å². The average molecular weight is 350 g/mol. The van der Waals surface area contributed by atoms with Crippen molar-refractivity contribution in [2.75, 3.05) is 6.61 Å². The molecule has 3 N–H and O–H groups in total. The van der Waals surface area contributed by atoms with Crippen molar-refractivity contribution in [3.63, 3.8) is 0 Å². The molecule has 10 nitrogen and oxygen atoms in total. The van der Waals surface area contributed by atoms with Gasteiger partial charge in [-0.05, 0) is 19.4 Å². The van der Waals surface area contributed by atoms with Gasteiger partial charge in [-0.2, -0.15) is 0 Å². The van der Waals surface area contributed by atoms with Gasteiger partial charge >= 0.3 is 17.1 Å². The number of nitro groups is 1. The molecule has 2 rings (SSSR count). The lowest BCUT2D eigenvalue weighted by Gasteiger charge is -2.25. The molecule has 0 atom stereocenters. The maximum absolute atomic E-state index is 11.6. The van der Waals surface area contributed by atoms with E-state index in [1.54, 1.807) is 13.8 Å². The zero-order chi connectivity index (χ0) is 18.8. The molecule has 2 aromatic rings. The summed E-state index contributed by atoms with van der Waals surface area (Å²) in [4.78, 5) is 49.2. The van der Waals surface area contributed by atoms with E-state index in [1.807, 2.05) is 0 Å². The Labute approximate surface area is 141 Å². The van der Waals surface area contributed by atoms with E-state index in [4.69, 9.17) is 4.74 Å². The van der Waals surface area contributed by atoms with Crippen LogP contribution in [0.4, 0.5) is 5.69 Å². The van der Waals surface area contributed by atoms with Crippen molar-refractivity contribution in [3.8, 4) is 0 Å². The van der Waals surface area contributed by atoms with Crippen molar-refractivity contribution in [2.45, 2.75) is 32.9 Å². The van der Waals surface area contributed by atoms with Gasteiger partial charge in [-0.15, -0.1) is 0 Å². The van der Waals surface area contributed by atoms with E-state index in [2.05, 4.69) is 15.3 Å². The number of rotatable bonds is 6. The van der Waals surface area contributed by atoms with Gasteiger partial charge < -0.3 is 20.0 Å². The highest BCUT2D eigenvalue weighted by atomic mass is 16.6. The summed E-state index contributed by atoms with van der Waals surface area (Å²) in [7, 11) is 0. The van der Waals surface area contributed by atoms with Crippen molar-refractivity contribution >= 4 is 22.7 Å². The normalized spacial score (nSPS) is 11.5. The first-order chi connectivity index (χ1) is 11.6. The van der Waals surface area contributed by atoms with Crippen LogP contribution >= 0.6 is 0 Å². The lowest BCUT2D eigenvalue weighted by atomic mass is 10.1. The standard InChI is InChI=1S/C15H18N4O6/c1-8(20)25-7-15(2,3)16-6-9-4-10(19(23)24)5-11-12(9)18-14(22)13(21)17-11/h4-5,16H,6-7H2,1-3H3,(H,17,21)(H,18,22). The van der Waals surface area contributed by atoms with Gasteiger partial charge in [0.15, 0.2) is 0 Å². The molecule has 0 bridgehead atoms. The SMILES string of the molecule is CC(=O)OCC(C)(C)NCc1cc([N+](=O)[O-])cc2[nH]c(=O)c(=O)[nH]c12. The molecule has 0 spiro atoms. The maximum atomic E-state index is 11.6. The third kappa shape index (κ3) is 4.51. The minimum Gasteiger partial charge on any atom is -0.464 e. The number of nitro benzene ring substituents is 1. The summed E-state index contributed by atoms with van der Waals surface area (Å²) in [6, 6.07) is 2.49. The monoisotopic (exact) mass is 350 g/mol. The lowest BCUT2D eigenvalue weighted by Crippen LogP contribution is -2.43. The second-order valence-electron chi connectivity index (χ2n) is 6.21. The molecule has 10 heteroatoms. The molecule has 0 radical (unpaired) electrons. The molecule has 0 saturated carbocycles. The zero-order valence-corrected chi connectivity index (χ0v) is 14.0. The highest BCUT2D eigenvalue weighted by Crippen LogP contribution is 2.22. The number of nitrogens with one attached hydrogen (secondary N) is 3. The molecule has 0 saturated heterocycles. The molecule has 1 aromatic heterocycles. The number of non-ortho nitro benzene ring substituents is 1. The number of ether oxygens (including phenoxy) is 1. The molecular formula is C15H18N4O6. The minimum absolute atomic E-state index is 0.0997. The van der Waals surface area contributed by atoms with E-state index in [0.29, 0.717) is 11.1 Å². The van der Waals surface area contributed by atoms with Crippen LogP contribution in [-0.2, 0) is 16.1 Å². The van der Waals surface area contributed by atoms with Crippen LogP contribution in [0.25, 0.3) is 11.0 Å². The van der Waals surface area contributed by atoms with Crippen LogP contribution in [0.2, 0.25) is 0 Å². The highest BCUT2D eigenvalue weighted by molar-refractivity contribution is 5.80. The number of fused-ring (bicyclic) bond motifs is 1. The summed E-state index contributed by atoms with van der Waals surface area (Å²) < 4.78 is 4.96. The van der Waals surface area contributed by atoms with Gasteiger partial charge in [0.2, 0.25) is 0 Å². The molecule has 0 unspecified atom stereocenters. The van der Waals surface area contributed by atoms with Crippen molar-refractivity contribution in [3.05, 3.63) is 48.5 Å². The Morgan fingerprint density at radius 1 is 1.28 bits per heavy atom. The number of hydrogen-bond donors (Lipinski definition) is 3. The molecule has 25 heavy (non-hydrogen) atoms. The Bertz CT molecular complexity index is 943. The van der Waals surface area contributed by atoms with Crippen LogP contribution in [0.5, 0.6) is 0 Å². The maximum Gasteiger partial charge on any atom is 0.314 e. The first-order valence-electron chi connectivity index (χ1n) is 7.41.